The number of carbonyl (C=O) groups excluding carboxylic acids is 1. The lowest BCUT2D eigenvalue weighted by Crippen LogP contribution is -2.41. The fourth-order valence-corrected chi connectivity index (χ4v) is 2.60. The molecular weight excluding hydrogens is 336 g/mol. The summed E-state index contributed by atoms with van der Waals surface area (Å²) in [5.74, 6) is -2.25. The quantitative estimate of drug-likeness (QED) is 0.552. The number of carboxylic acid groups (broad SMARTS) is 1. The molecule has 0 aromatic heterocycles. The third-order valence-corrected chi connectivity index (χ3v) is 4.23. The van der Waals surface area contributed by atoms with Gasteiger partial charge < -0.3 is 15.2 Å². The van der Waals surface area contributed by atoms with Gasteiger partial charge in [-0.3, -0.25) is 4.79 Å². The van der Waals surface area contributed by atoms with E-state index in [1.807, 2.05) is 0 Å². The Labute approximate surface area is 141 Å². The zero-order valence-corrected chi connectivity index (χ0v) is 14.4. The number of nitrogens with one attached hydrogen (secondary N) is 2. The minimum Gasteiger partial charge on any atom is -0.479 e. The van der Waals surface area contributed by atoms with E-state index in [4.69, 9.17) is 4.74 Å². The molecule has 9 heteroatoms. The van der Waals surface area contributed by atoms with Gasteiger partial charge in [0.1, 0.15) is 0 Å². The van der Waals surface area contributed by atoms with Gasteiger partial charge in [-0.15, -0.1) is 0 Å². The Hall–Kier alpha value is -1.97. The highest BCUT2D eigenvalue weighted by Crippen LogP contribution is 2.12. The molecule has 0 heterocycles. The highest BCUT2D eigenvalue weighted by Gasteiger charge is 2.22. The lowest BCUT2D eigenvalue weighted by Gasteiger charge is -2.15. The average Bonchev–Trinajstić information content (AvgIpc) is 2.50. The van der Waals surface area contributed by atoms with Gasteiger partial charge in [-0.25, -0.2) is 17.9 Å². The molecule has 1 aromatic rings. The fraction of sp³-hybridized carbons (Fsp3) is 0.467. The Morgan fingerprint density at radius 2 is 1.83 bits per heavy atom. The molecular formula is C15H22N2O6S. The maximum Gasteiger partial charge on any atom is 0.330 e. The van der Waals surface area contributed by atoms with Crippen molar-refractivity contribution in [2.45, 2.75) is 26.0 Å². The summed E-state index contributed by atoms with van der Waals surface area (Å²) in [5, 5.41) is 11.5. The van der Waals surface area contributed by atoms with Crippen LogP contribution in [0.25, 0.3) is 0 Å². The molecule has 0 radical (unpaired) electrons. The number of aliphatic carboxylic acids is 1. The maximum absolute atomic E-state index is 11.8. The predicted molar refractivity (Wildman–Crippen MR) is 87.8 cm³/mol. The van der Waals surface area contributed by atoms with E-state index in [2.05, 4.69) is 10.0 Å². The number of ether oxygens (including phenoxy) is 1. The fourth-order valence-electron chi connectivity index (χ4n) is 1.79. The number of carboxylic acids is 1. The number of rotatable bonds is 10. The number of hydrogen-bond donors (Lipinski definition) is 3. The Kier molecular flexibility index (Phi) is 7.83. The van der Waals surface area contributed by atoms with Crippen molar-refractivity contribution >= 4 is 21.9 Å². The summed E-state index contributed by atoms with van der Waals surface area (Å²) in [6.45, 7) is 3.03. The molecule has 24 heavy (non-hydrogen) atoms. The van der Waals surface area contributed by atoms with Gasteiger partial charge >= 0.3 is 5.97 Å². The molecule has 0 unspecified atom stereocenters. The molecule has 0 aliphatic carbocycles. The van der Waals surface area contributed by atoms with Gasteiger partial charge in [-0.05, 0) is 19.4 Å². The van der Waals surface area contributed by atoms with Gasteiger partial charge in [0.25, 0.3) is 0 Å². The summed E-state index contributed by atoms with van der Waals surface area (Å²) in [5.41, 5.74) is 0.395. The molecule has 0 bridgehead atoms. The molecule has 3 N–H and O–H groups in total. The van der Waals surface area contributed by atoms with E-state index >= 15 is 0 Å². The zero-order chi connectivity index (χ0) is 18.2. The minimum atomic E-state index is -3.68. The van der Waals surface area contributed by atoms with E-state index < -0.39 is 34.5 Å². The first-order valence-electron chi connectivity index (χ1n) is 7.37. The number of benzene rings is 1. The van der Waals surface area contributed by atoms with E-state index in [1.165, 1.54) is 0 Å². The van der Waals surface area contributed by atoms with Crippen LogP contribution in [0.5, 0.6) is 0 Å². The number of amides is 1. The molecule has 1 aromatic carbocycles. The van der Waals surface area contributed by atoms with Crippen LogP contribution in [-0.4, -0.2) is 50.4 Å². The van der Waals surface area contributed by atoms with Gasteiger partial charge in [-0.1, -0.05) is 30.3 Å². The smallest absolute Gasteiger partial charge is 0.330 e. The molecule has 0 aliphatic heterocycles. The van der Waals surface area contributed by atoms with Gasteiger partial charge in [0.05, 0.1) is 25.0 Å². The van der Waals surface area contributed by atoms with Crippen LogP contribution in [-0.2, 0) is 24.3 Å². The molecule has 8 nitrogen and oxygen atoms in total. The second kappa shape index (κ2) is 9.36. The standard InChI is InChI=1S/C15H22N2O6S/c1-11(2)23-8-9-24(21,22)16-10-13(18)17-14(15(19)20)12-6-4-3-5-7-12/h3-7,11,14,16H,8-10H2,1-2H3,(H,17,18)(H,19,20)/t14-/m1/s1. The van der Waals surface area contributed by atoms with E-state index in [0.29, 0.717) is 5.56 Å². The van der Waals surface area contributed by atoms with Crippen molar-refractivity contribution in [3.8, 4) is 0 Å². The Balaban J connectivity index is 2.53. The molecule has 0 fully saturated rings. The Morgan fingerprint density at radius 3 is 2.38 bits per heavy atom. The maximum atomic E-state index is 11.8. The first-order chi connectivity index (χ1) is 11.2. The van der Waals surface area contributed by atoms with E-state index in [1.54, 1.807) is 44.2 Å². The third-order valence-electron chi connectivity index (χ3n) is 2.94. The van der Waals surface area contributed by atoms with Crippen LogP contribution in [0.4, 0.5) is 0 Å². The molecule has 0 saturated carbocycles. The van der Waals surface area contributed by atoms with Gasteiger partial charge in [0.15, 0.2) is 6.04 Å². The van der Waals surface area contributed by atoms with Crippen LogP contribution in [0, 0.1) is 0 Å². The van der Waals surface area contributed by atoms with Gasteiger partial charge in [0, 0.05) is 0 Å². The molecule has 1 atom stereocenters. The van der Waals surface area contributed by atoms with Gasteiger partial charge in [0.2, 0.25) is 15.9 Å². The topological polar surface area (TPSA) is 122 Å². The minimum absolute atomic E-state index is 0.0103. The van der Waals surface area contributed by atoms with Crippen molar-refractivity contribution in [2.75, 3.05) is 18.9 Å². The molecule has 0 aliphatic rings. The Bertz CT molecular complexity index is 645. The summed E-state index contributed by atoms with van der Waals surface area (Å²) < 4.78 is 30.7. The van der Waals surface area contributed by atoms with E-state index in [9.17, 15) is 23.1 Å². The van der Waals surface area contributed by atoms with E-state index in [0.717, 1.165) is 0 Å². The number of hydrogen-bond acceptors (Lipinski definition) is 5. The van der Waals surface area contributed by atoms with Crippen molar-refractivity contribution in [2.24, 2.45) is 0 Å². The Morgan fingerprint density at radius 1 is 1.21 bits per heavy atom. The summed E-state index contributed by atoms with van der Waals surface area (Å²) in [6, 6.07) is 6.90. The zero-order valence-electron chi connectivity index (χ0n) is 13.6. The SMILES string of the molecule is CC(C)OCCS(=O)(=O)NCC(=O)N[C@@H](C(=O)O)c1ccccc1. The highest BCUT2D eigenvalue weighted by atomic mass is 32.2. The van der Waals surface area contributed by atoms with Crippen molar-refractivity contribution in [3.63, 3.8) is 0 Å². The summed E-state index contributed by atoms with van der Waals surface area (Å²) in [4.78, 5) is 23.1. The van der Waals surface area contributed by atoms with Crippen LogP contribution in [0.1, 0.15) is 25.5 Å². The van der Waals surface area contributed by atoms with Crippen molar-refractivity contribution < 1.29 is 27.9 Å². The second-order valence-corrected chi connectivity index (χ2v) is 7.24. The van der Waals surface area contributed by atoms with Crippen molar-refractivity contribution in [1.29, 1.82) is 0 Å². The highest BCUT2D eigenvalue weighted by molar-refractivity contribution is 7.89. The molecule has 0 spiro atoms. The summed E-state index contributed by atoms with van der Waals surface area (Å²) in [6.07, 6.45) is -0.0919. The molecule has 1 amide bonds. The van der Waals surface area contributed by atoms with Crippen LogP contribution in [0.2, 0.25) is 0 Å². The second-order valence-electron chi connectivity index (χ2n) is 5.31. The molecule has 1 rings (SSSR count). The monoisotopic (exact) mass is 358 g/mol. The average molecular weight is 358 g/mol. The summed E-state index contributed by atoms with van der Waals surface area (Å²) >= 11 is 0. The van der Waals surface area contributed by atoms with Gasteiger partial charge in [-0.2, -0.15) is 0 Å². The molecule has 0 saturated heterocycles. The van der Waals surface area contributed by atoms with Crippen LogP contribution in [0.15, 0.2) is 30.3 Å². The summed E-state index contributed by atoms with van der Waals surface area (Å²) in [7, 11) is -3.68. The third kappa shape index (κ3) is 7.53. The largest absolute Gasteiger partial charge is 0.479 e. The lowest BCUT2D eigenvalue weighted by molar-refractivity contribution is -0.141. The van der Waals surface area contributed by atoms with E-state index in [-0.39, 0.29) is 18.5 Å². The van der Waals surface area contributed by atoms with Crippen molar-refractivity contribution in [3.05, 3.63) is 35.9 Å². The first-order valence-corrected chi connectivity index (χ1v) is 9.02. The van der Waals surface area contributed by atoms with Crippen LogP contribution < -0.4 is 10.0 Å². The number of carbonyl (C=O) groups is 2. The van der Waals surface area contributed by atoms with Crippen LogP contribution in [0.3, 0.4) is 0 Å². The number of sulfonamides is 1. The van der Waals surface area contributed by atoms with Crippen molar-refractivity contribution in [1.82, 2.24) is 10.0 Å². The normalized spacial score (nSPS) is 12.8. The lowest BCUT2D eigenvalue weighted by atomic mass is 10.1. The predicted octanol–water partition coefficient (Wildman–Crippen LogP) is 0.273. The molecule has 134 valence electrons. The first kappa shape index (κ1) is 20.1. The van der Waals surface area contributed by atoms with Crippen LogP contribution >= 0.6 is 0 Å².